The first kappa shape index (κ1) is 9.26. The van der Waals surface area contributed by atoms with Gasteiger partial charge in [0.05, 0.1) is 12.0 Å². The van der Waals surface area contributed by atoms with Gasteiger partial charge in [-0.05, 0) is 19.3 Å². The zero-order valence-corrected chi connectivity index (χ0v) is 8.08. The number of carbonyl (C=O) groups excluding carboxylic acids is 1. The molecule has 2 aliphatic rings. The van der Waals surface area contributed by atoms with Gasteiger partial charge in [0.15, 0.2) is 0 Å². The van der Waals surface area contributed by atoms with E-state index in [2.05, 4.69) is 12.6 Å². The van der Waals surface area contributed by atoms with Crippen molar-refractivity contribution in [3.63, 3.8) is 0 Å². The van der Waals surface area contributed by atoms with Gasteiger partial charge < -0.3 is 4.74 Å². The molecular formula is C11H13NO2. The van der Waals surface area contributed by atoms with Crippen molar-refractivity contribution >= 4 is 5.97 Å². The van der Waals surface area contributed by atoms with Crippen molar-refractivity contribution in [1.82, 2.24) is 0 Å². The van der Waals surface area contributed by atoms with Crippen LogP contribution in [0.25, 0.3) is 0 Å². The molecule has 2 unspecified atom stereocenters. The van der Waals surface area contributed by atoms with Crippen LogP contribution in [0, 0.1) is 17.2 Å². The lowest BCUT2D eigenvalue weighted by Crippen LogP contribution is -2.39. The van der Waals surface area contributed by atoms with Gasteiger partial charge in [-0.2, -0.15) is 5.26 Å². The third-order valence-electron chi connectivity index (χ3n) is 3.23. The Bertz CT molecular complexity index is 311. The minimum atomic E-state index is -0.527. The molecule has 0 N–H and O–H groups in total. The number of esters is 1. The molecule has 74 valence electrons. The van der Waals surface area contributed by atoms with Gasteiger partial charge in [0.1, 0.15) is 5.60 Å². The van der Waals surface area contributed by atoms with Crippen molar-refractivity contribution in [3.8, 4) is 6.07 Å². The Morgan fingerprint density at radius 2 is 2.36 bits per heavy atom. The van der Waals surface area contributed by atoms with Crippen molar-refractivity contribution in [2.75, 3.05) is 0 Å². The molecule has 0 bridgehead atoms. The Kier molecular flexibility index (Phi) is 2.07. The lowest BCUT2D eigenvalue weighted by Gasteiger charge is -2.35. The number of ether oxygens (including phenoxy) is 1. The Labute approximate surface area is 83.4 Å². The molecule has 1 saturated carbocycles. The van der Waals surface area contributed by atoms with Crippen molar-refractivity contribution in [1.29, 1.82) is 5.26 Å². The largest absolute Gasteiger partial charge is 0.454 e. The molecule has 3 heteroatoms. The standard InChI is InChI=1S/C11H13NO2/c1-8-6-11(14-10(8)13)5-3-2-4-9(11)7-12/h9H,1-6H2. The molecule has 0 aromatic heterocycles. The summed E-state index contributed by atoms with van der Waals surface area (Å²) in [5.74, 6) is -0.452. The molecule has 2 atom stereocenters. The van der Waals surface area contributed by atoms with E-state index in [1.165, 1.54) is 0 Å². The molecule has 0 amide bonds. The number of nitriles is 1. The van der Waals surface area contributed by atoms with Gasteiger partial charge in [0.25, 0.3) is 0 Å². The lowest BCUT2D eigenvalue weighted by atomic mass is 9.74. The monoisotopic (exact) mass is 191 g/mol. The minimum Gasteiger partial charge on any atom is -0.454 e. The van der Waals surface area contributed by atoms with Gasteiger partial charge in [0.2, 0.25) is 0 Å². The second-order valence-corrected chi connectivity index (χ2v) is 4.16. The summed E-state index contributed by atoms with van der Waals surface area (Å²) < 4.78 is 5.34. The fourth-order valence-corrected chi connectivity index (χ4v) is 2.45. The van der Waals surface area contributed by atoms with E-state index in [-0.39, 0.29) is 11.9 Å². The van der Waals surface area contributed by atoms with E-state index in [4.69, 9.17) is 10.00 Å². The van der Waals surface area contributed by atoms with Gasteiger partial charge in [-0.3, -0.25) is 0 Å². The van der Waals surface area contributed by atoms with E-state index in [9.17, 15) is 4.79 Å². The first-order valence-corrected chi connectivity index (χ1v) is 4.99. The van der Waals surface area contributed by atoms with Crippen molar-refractivity contribution < 1.29 is 9.53 Å². The number of rotatable bonds is 0. The van der Waals surface area contributed by atoms with Crippen LogP contribution in [0.3, 0.4) is 0 Å². The van der Waals surface area contributed by atoms with E-state index in [1.807, 2.05) is 0 Å². The van der Waals surface area contributed by atoms with Crippen LogP contribution in [0.4, 0.5) is 0 Å². The highest BCUT2D eigenvalue weighted by Crippen LogP contribution is 2.45. The van der Waals surface area contributed by atoms with E-state index < -0.39 is 5.60 Å². The highest BCUT2D eigenvalue weighted by Gasteiger charge is 2.49. The van der Waals surface area contributed by atoms with E-state index >= 15 is 0 Å². The number of hydrogen-bond acceptors (Lipinski definition) is 3. The molecule has 0 radical (unpaired) electrons. The normalized spacial score (nSPS) is 36.9. The molecule has 3 nitrogen and oxygen atoms in total. The maximum absolute atomic E-state index is 11.3. The van der Waals surface area contributed by atoms with E-state index in [1.54, 1.807) is 0 Å². The Balaban J connectivity index is 2.26. The van der Waals surface area contributed by atoms with Crippen LogP contribution in [0.15, 0.2) is 12.2 Å². The number of hydrogen-bond donors (Lipinski definition) is 0. The highest BCUT2D eigenvalue weighted by atomic mass is 16.6. The summed E-state index contributed by atoms with van der Waals surface area (Å²) in [4.78, 5) is 11.3. The topological polar surface area (TPSA) is 50.1 Å². The fourth-order valence-electron chi connectivity index (χ4n) is 2.45. The second kappa shape index (κ2) is 3.13. The first-order valence-electron chi connectivity index (χ1n) is 4.99. The van der Waals surface area contributed by atoms with Crippen LogP contribution in [-0.4, -0.2) is 11.6 Å². The summed E-state index contributed by atoms with van der Waals surface area (Å²) >= 11 is 0. The first-order chi connectivity index (χ1) is 6.68. The maximum atomic E-state index is 11.3. The molecule has 1 heterocycles. The summed E-state index contributed by atoms with van der Waals surface area (Å²) in [5, 5.41) is 9.02. The van der Waals surface area contributed by atoms with Crippen LogP contribution in [-0.2, 0) is 9.53 Å². The van der Waals surface area contributed by atoms with Crippen LogP contribution in [0.2, 0.25) is 0 Å². The Hall–Kier alpha value is -1.30. The van der Waals surface area contributed by atoms with E-state index in [0.29, 0.717) is 12.0 Å². The predicted octanol–water partition coefficient (Wildman–Crippen LogP) is 1.94. The summed E-state index contributed by atoms with van der Waals surface area (Å²) in [6.07, 6.45) is 4.31. The summed E-state index contributed by atoms with van der Waals surface area (Å²) in [6, 6.07) is 2.26. The Morgan fingerprint density at radius 3 is 2.93 bits per heavy atom. The van der Waals surface area contributed by atoms with Gasteiger partial charge in [0, 0.05) is 12.0 Å². The SMILES string of the molecule is C=C1CC2(CCCCC2C#N)OC1=O. The molecule has 1 spiro atoms. The summed E-state index contributed by atoms with van der Waals surface area (Å²) in [7, 11) is 0. The van der Waals surface area contributed by atoms with Crippen molar-refractivity contribution in [3.05, 3.63) is 12.2 Å². The molecule has 1 aliphatic heterocycles. The third-order valence-corrected chi connectivity index (χ3v) is 3.23. The second-order valence-electron chi connectivity index (χ2n) is 4.16. The zero-order valence-electron chi connectivity index (χ0n) is 8.08. The molecule has 1 aliphatic carbocycles. The molecule has 0 aromatic rings. The molecule has 14 heavy (non-hydrogen) atoms. The average molecular weight is 191 g/mol. The van der Waals surface area contributed by atoms with Crippen LogP contribution >= 0.6 is 0 Å². The van der Waals surface area contributed by atoms with Gasteiger partial charge in [-0.1, -0.05) is 13.0 Å². The lowest BCUT2D eigenvalue weighted by molar-refractivity contribution is -0.152. The third kappa shape index (κ3) is 1.22. The smallest absolute Gasteiger partial charge is 0.334 e. The molecule has 0 aromatic carbocycles. The van der Waals surface area contributed by atoms with Crippen LogP contribution < -0.4 is 0 Å². The maximum Gasteiger partial charge on any atom is 0.334 e. The summed E-state index contributed by atoms with van der Waals surface area (Å²) in [6.45, 7) is 3.67. The fraction of sp³-hybridized carbons (Fsp3) is 0.636. The Morgan fingerprint density at radius 1 is 1.57 bits per heavy atom. The highest BCUT2D eigenvalue weighted by molar-refractivity contribution is 5.90. The van der Waals surface area contributed by atoms with Gasteiger partial charge in [-0.25, -0.2) is 4.79 Å². The average Bonchev–Trinajstić information content (AvgIpc) is 2.44. The minimum absolute atomic E-state index is 0.139. The molecule has 1 saturated heterocycles. The van der Waals surface area contributed by atoms with E-state index in [0.717, 1.165) is 25.7 Å². The molecular weight excluding hydrogens is 178 g/mol. The molecule has 2 rings (SSSR count). The zero-order chi connectivity index (χ0) is 10.2. The van der Waals surface area contributed by atoms with Gasteiger partial charge in [-0.15, -0.1) is 0 Å². The number of carbonyl (C=O) groups is 1. The van der Waals surface area contributed by atoms with Crippen LogP contribution in [0.1, 0.15) is 32.1 Å². The number of nitrogens with zero attached hydrogens (tertiary/aromatic N) is 1. The summed E-state index contributed by atoms with van der Waals surface area (Å²) in [5.41, 5.74) is -0.00611. The van der Waals surface area contributed by atoms with Crippen molar-refractivity contribution in [2.45, 2.75) is 37.7 Å². The van der Waals surface area contributed by atoms with Crippen molar-refractivity contribution in [2.24, 2.45) is 5.92 Å². The molecule has 2 fully saturated rings. The van der Waals surface area contributed by atoms with Crippen LogP contribution in [0.5, 0.6) is 0 Å². The predicted molar refractivity (Wildman–Crippen MR) is 50.2 cm³/mol. The quantitative estimate of drug-likeness (QED) is 0.434. The van der Waals surface area contributed by atoms with Gasteiger partial charge >= 0.3 is 5.97 Å².